The summed E-state index contributed by atoms with van der Waals surface area (Å²) >= 11 is 5.59. The lowest BCUT2D eigenvalue weighted by atomic mass is 9.92. The van der Waals surface area contributed by atoms with Crippen LogP contribution in [0.15, 0.2) is 0 Å². The first kappa shape index (κ1) is 9.86. The third-order valence-corrected chi connectivity index (χ3v) is 3.05. The van der Waals surface area contributed by atoms with Crippen molar-refractivity contribution in [2.45, 2.75) is 38.5 Å². The predicted molar refractivity (Wildman–Crippen MR) is 51.0 cm³/mol. The van der Waals surface area contributed by atoms with Gasteiger partial charge in [0, 0.05) is 11.8 Å². The number of nitrogens with zero attached hydrogens (tertiary/aromatic N) is 1. The third kappa shape index (κ3) is 2.68. The molecule has 1 fully saturated rings. The minimum Gasteiger partial charge on any atom is -0.198 e. The number of nitriles is 1. The molecule has 0 N–H and O–H groups in total. The Hall–Kier alpha value is -0.220. The van der Waals surface area contributed by atoms with Crippen LogP contribution in [-0.4, -0.2) is 5.88 Å². The predicted octanol–water partition coefficient (Wildman–Crippen LogP) is 3.34. The van der Waals surface area contributed by atoms with Crippen LogP contribution in [0.5, 0.6) is 0 Å². The Morgan fingerprint density at radius 1 is 1.33 bits per heavy atom. The molecule has 2 atom stereocenters. The molecule has 12 heavy (non-hydrogen) atoms. The highest BCUT2D eigenvalue weighted by Gasteiger charge is 2.25. The molecule has 1 aliphatic rings. The van der Waals surface area contributed by atoms with Crippen molar-refractivity contribution >= 4 is 11.6 Å². The van der Waals surface area contributed by atoms with Gasteiger partial charge in [-0.3, -0.25) is 0 Å². The molecule has 0 aromatic heterocycles. The zero-order valence-electron chi connectivity index (χ0n) is 7.43. The molecule has 0 spiro atoms. The average Bonchev–Trinajstić information content (AvgIpc) is 2.52. The summed E-state index contributed by atoms with van der Waals surface area (Å²) in [5.41, 5.74) is 0. The SMILES string of the molecule is N#CC1CCCC1CCCCCl. The van der Waals surface area contributed by atoms with Crippen LogP contribution < -0.4 is 0 Å². The van der Waals surface area contributed by atoms with Crippen LogP contribution in [-0.2, 0) is 0 Å². The molecule has 68 valence electrons. The Bertz CT molecular complexity index is 162. The van der Waals surface area contributed by atoms with Gasteiger partial charge in [0.2, 0.25) is 0 Å². The van der Waals surface area contributed by atoms with Crippen molar-refractivity contribution < 1.29 is 0 Å². The van der Waals surface area contributed by atoms with Crippen molar-refractivity contribution in [2.24, 2.45) is 11.8 Å². The fraction of sp³-hybridized carbons (Fsp3) is 0.900. The van der Waals surface area contributed by atoms with E-state index in [9.17, 15) is 0 Å². The molecule has 0 saturated heterocycles. The molecular weight excluding hydrogens is 170 g/mol. The Morgan fingerprint density at radius 3 is 2.83 bits per heavy atom. The number of hydrogen-bond donors (Lipinski definition) is 0. The van der Waals surface area contributed by atoms with Gasteiger partial charge in [-0.25, -0.2) is 0 Å². The fourth-order valence-electron chi connectivity index (χ4n) is 2.05. The van der Waals surface area contributed by atoms with Crippen molar-refractivity contribution in [1.82, 2.24) is 0 Å². The molecule has 0 bridgehead atoms. The molecule has 0 radical (unpaired) electrons. The molecule has 1 aliphatic carbocycles. The van der Waals surface area contributed by atoms with Gasteiger partial charge in [-0.2, -0.15) is 5.26 Å². The molecule has 0 amide bonds. The summed E-state index contributed by atoms with van der Waals surface area (Å²) in [7, 11) is 0. The van der Waals surface area contributed by atoms with E-state index in [2.05, 4.69) is 6.07 Å². The van der Waals surface area contributed by atoms with Crippen LogP contribution in [0.2, 0.25) is 0 Å². The van der Waals surface area contributed by atoms with E-state index in [0.717, 1.165) is 18.7 Å². The summed E-state index contributed by atoms with van der Waals surface area (Å²) in [6.07, 6.45) is 7.17. The first-order chi connectivity index (χ1) is 5.88. The second kappa shape index (κ2) is 5.43. The molecule has 0 aliphatic heterocycles. The highest BCUT2D eigenvalue weighted by Crippen LogP contribution is 2.34. The standard InChI is InChI=1S/C10H16ClN/c11-7-2-1-4-9-5-3-6-10(9)8-12/h9-10H,1-7H2. The smallest absolute Gasteiger partial charge is 0.0658 e. The molecule has 2 unspecified atom stereocenters. The maximum Gasteiger partial charge on any atom is 0.0658 e. The number of hydrogen-bond acceptors (Lipinski definition) is 1. The Kier molecular flexibility index (Phi) is 4.46. The highest BCUT2D eigenvalue weighted by molar-refractivity contribution is 6.17. The van der Waals surface area contributed by atoms with Crippen LogP contribution in [0.4, 0.5) is 0 Å². The van der Waals surface area contributed by atoms with Gasteiger partial charge in [-0.1, -0.05) is 12.8 Å². The lowest BCUT2D eigenvalue weighted by Crippen LogP contribution is -2.05. The largest absolute Gasteiger partial charge is 0.198 e. The van der Waals surface area contributed by atoms with Crippen LogP contribution in [0, 0.1) is 23.2 Å². The Labute approximate surface area is 79.7 Å². The van der Waals surface area contributed by atoms with E-state index < -0.39 is 0 Å². The number of rotatable bonds is 4. The maximum atomic E-state index is 8.82. The van der Waals surface area contributed by atoms with Crippen molar-refractivity contribution in [3.63, 3.8) is 0 Å². The zero-order valence-corrected chi connectivity index (χ0v) is 8.19. The summed E-state index contributed by atoms with van der Waals surface area (Å²) in [6.45, 7) is 0. The van der Waals surface area contributed by atoms with Crippen LogP contribution in [0.3, 0.4) is 0 Å². The van der Waals surface area contributed by atoms with E-state index >= 15 is 0 Å². The van der Waals surface area contributed by atoms with E-state index in [0.29, 0.717) is 11.8 Å². The topological polar surface area (TPSA) is 23.8 Å². The van der Waals surface area contributed by atoms with E-state index in [1.165, 1.54) is 25.7 Å². The Balaban J connectivity index is 2.18. The van der Waals surface area contributed by atoms with Crippen molar-refractivity contribution in [3.8, 4) is 6.07 Å². The van der Waals surface area contributed by atoms with E-state index in [-0.39, 0.29) is 0 Å². The van der Waals surface area contributed by atoms with Gasteiger partial charge in [0.15, 0.2) is 0 Å². The molecule has 0 heterocycles. The molecule has 0 aromatic carbocycles. The van der Waals surface area contributed by atoms with Gasteiger partial charge < -0.3 is 0 Å². The number of unbranched alkanes of at least 4 members (excludes halogenated alkanes) is 1. The Morgan fingerprint density at radius 2 is 2.17 bits per heavy atom. The fourth-order valence-corrected chi connectivity index (χ4v) is 2.24. The van der Waals surface area contributed by atoms with Gasteiger partial charge in [0.05, 0.1) is 6.07 Å². The van der Waals surface area contributed by atoms with E-state index in [1.54, 1.807) is 0 Å². The van der Waals surface area contributed by atoms with Crippen LogP contribution in [0.1, 0.15) is 38.5 Å². The summed E-state index contributed by atoms with van der Waals surface area (Å²) in [4.78, 5) is 0. The van der Waals surface area contributed by atoms with Gasteiger partial charge in [-0.05, 0) is 31.6 Å². The van der Waals surface area contributed by atoms with Gasteiger partial charge in [0.25, 0.3) is 0 Å². The van der Waals surface area contributed by atoms with E-state index in [4.69, 9.17) is 16.9 Å². The minimum absolute atomic E-state index is 0.348. The normalized spacial score (nSPS) is 28.7. The summed E-state index contributed by atoms with van der Waals surface area (Å²) in [5.74, 6) is 1.79. The molecule has 1 nitrogen and oxygen atoms in total. The lowest BCUT2D eigenvalue weighted by Gasteiger charge is -2.11. The highest BCUT2D eigenvalue weighted by atomic mass is 35.5. The summed E-state index contributed by atoms with van der Waals surface area (Å²) < 4.78 is 0. The molecule has 2 heteroatoms. The van der Waals surface area contributed by atoms with Crippen LogP contribution in [0.25, 0.3) is 0 Å². The van der Waals surface area contributed by atoms with Crippen molar-refractivity contribution in [2.75, 3.05) is 5.88 Å². The van der Waals surface area contributed by atoms with Gasteiger partial charge in [0.1, 0.15) is 0 Å². The second-order valence-corrected chi connectivity index (χ2v) is 3.99. The maximum absolute atomic E-state index is 8.82. The average molecular weight is 186 g/mol. The quantitative estimate of drug-likeness (QED) is 0.487. The molecule has 0 aromatic rings. The molecule has 1 rings (SSSR count). The number of halogens is 1. The first-order valence-electron chi connectivity index (χ1n) is 4.84. The van der Waals surface area contributed by atoms with E-state index in [1.807, 2.05) is 0 Å². The monoisotopic (exact) mass is 185 g/mol. The first-order valence-corrected chi connectivity index (χ1v) is 5.37. The number of alkyl halides is 1. The van der Waals surface area contributed by atoms with Crippen LogP contribution >= 0.6 is 11.6 Å². The van der Waals surface area contributed by atoms with Crippen molar-refractivity contribution in [3.05, 3.63) is 0 Å². The lowest BCUT2D eigenvalue weighted by molar-refractivity contribution is 0.418. The molecule has 1 saturated carbocycles. The summed E-state index contributed by atoms with van der Waals surface area (Å²) in [5, 5.41) is 8.82. The molecular formula is C10H16ClN. The summed E-state index contributed by atoms with van der Waals surface area (Å²) in [6, 6.07) is 2.41. The minimum atomic E-state index is 0.348. The zero-order chi connectivity index (χ0) is 8.81. The van der Waals surface area contributed by atoms with Crippen molar-refractivity contribution in [1.29, 1.82) is 5.26 Å². The van der Waals surface area contributed by atoms with Gasteiger partial charge in [-0.15, -0.1) is 11.6 Å². The van der Waals surface area contributed by atoms with Gasteiger partial charge >= 0.3 is 0 Å². The third-order valence-electron chi connectivity index (χ3n) is 2.78. The second-order valence-electron chi connectivity index (χ2n) is 3.61.